The SMILES string of the molecule is COc1ccc(C(Nc2cccc([N+](=O)[O-])c2)P(=O)(OC(C)C)OC(C)C)c(OC)c1. The summed E-state index contributed by atoms with van der Waals surface area (Å²) in [6, 6.07) is 11.0. The van der Waals surface area contributed by atoms with Crippen molar-refractivity contribution >= 4 is 19.0 Å². The Kier molecular flexibility index (Phi) is 8.44. The van der Waals surface area contributed by atoms with Gasteiger partial charge in [0.1, 0.15) is 11.5 Å². The van der Waals surface area contributed by atoms with Gasteiger partial charge in [0.15, 0.2) is 5.78 Å². The van der Waals surface area contributed by atoms with Crippen molar-refractivity contribution in [3.63, 3.8) is 0 Å². The van der Waals surface area contributed by atoms with Gasteiger partial charge in [0.25, 0.3) is 5.69 Å². The maximum absolute atomic E-state index is 14.1. The van der Waals surface area contributed by atoms with E-state index < -0.39 is 30.5 Å². The summed E-state index contributed by atoms with van der Waals surface area (Å²) in [7, 11) is -0.817. The molecule has 31 heavy (non-hydrogen) atoms. The third kappa shape index (κ3) is 6.43. The van der Waals surface area contributed by atoms with Crippen molar-refractivity contribution in [3.05, 3.63) is 58.1 Å². The molecule has 0 heterocycles. The molecule has 10 heteroatoms. The first-order chi connectivity index (χ1) is 14.6. The molecular weight excluding hydrogens is 423 g/mol. The first-order valence-electron chi connectivity index (χ1n) is 9.79. The summed E-state index contributed by atoms with van der Waals surface area (Å²) in [5, 5.41) is 14.3. The van der Waals surface area contributed by atoms with Crippen molar-refractivity contribution in [3.8, 4) is 11.5 Å². The molecule has 0 aliphatic rings. The van der Waals surface area contributed by atoms with Gasteiger partial charge < -0.3 is 23.8 Å². The van der Waals surface area contributed by atoms with E-state index in [2.05, 4.69) is 5.32 Å². The molecule has 0 saturated carbocycles. The number of hydrogen-bond donors (Lipinski definition) is 1. The Morgan fingerprint density at radius 1 is 0.968 bits per heavy atom. The predicted molar refractivity (Wildman–Crippen MR) is 119 cm³/mol. The van der Waals surface area contributed by atoms with E-state index >= 15 is 0 Å². The molecule has 0 bridgehead atoms. The molecule has 2 aromatic carbocycles. The topological polar surface area (TPSA) is 109 Å². The number of rotatable bonds is 11. The van der Waals surface area contributed by atoms with Gasteiger partial charge in [-0.1, -0.05) is 6.07 Å². The lowest BCUT2D eigenvalue weighted by Gasteiger charge is -2.32. The van der Waals surface area contributed by atoms with Gasteiger partial charge in [-0.25, -0.2) is 0 Å². The van der Waals surface area contributed by atoms with Crippen LogP contribution in [0, 0.1) is 10.1 Å². The third-order valence-electron chi connectivity index (χ3n) is 4.13. The highest BCUT2D eigenvalue weighted by atomic mass is 31.2. The fourth-order valence-corrected chi connectivity index (χ4v) is 5.30. The van der Waals surface area contributed by atoms with E-state index in [-0.39, 0.29) is 5.69 Å². The van der Waals surface area contributed by atoms with Crippen molar-refractivity contribution < 1.29 is 28.0 Å². The number of hydrogen-bond acceptors (Lipinski definition) is 8. The molecule has 0 spiro atoms. The lowest BCUT2D eigenvalue weighted by molar-refractivity contribution is -0.384. The normalized spacial score (nSPS) is 12.6. The molecule has 0 aliphatic heterocycles. The van der Waals surface area contributed by atoms with Crippen LogP contribution in [0.1, 0.15) is 39.0 Å². The van der Waals surface area contributed by atoms with Crippen LogP contribution in [0.5, 0.6) is 11.5 Å². The van der Waals surface area contributed by atoms with Crippen LogP contribution in [0.2, 0.25) is 0 Å². The molecule has 2 rings (SSSR count). The molecule has 1 unspecified atom stereocenters. The standard InChI is InChI=1S/C21H29N2O7P/c1-14(2)29-31(26,30-15(3)4)21(19-11-10-18(27-5)13-20(19)28-6)22-16-8-7-9-17(12-16)23(24)25/h7-15,21-22H,1-6H3. The number of anilines is 1. The van der Waals surface area contributed by atoms with Crippen molar-refractivity contribution in [2.24, 2.45) is 0 Å². The summed E-state index contributed by atoms with van der Waals surface area (Å²) in [5.74, 6) is -0.0403. The van der Waals surface area contributed by atoms with Gasteiger partial charge in [-0.05, 0) is 45.9 Å². The first-order valence-corrected chi connectivity index (χ1v) is 11.4. The monoisotopic (exact) mass is 452 g/mol. The molecule has 9 nitrogen and oxygen atoms in total. The van der Waals surface area contributed by atoms with E-state index in [4.69, 9.17) is 18.5 Å². The minimum atomic E-state index is -3.83. The number of nitrogens with zero attached hydrogens (tertiary/aromatic N) is 1. The van der Waals surface area contributed by atoms with Crippen LogP contribution in [0.15, 0.2) is 42.5 Å². The molecule has 0 fully saturated rings. The highest BCUT2D eigenvalue weighted by Crippen LogP contribution is 2.63. The third-order valence-corrected chi connectivity index (χ3v) is 6.60. The molecule has 0 aromatic heterocycles. The van der Waals surface area contributed by atoms with E-state index in [0.717, 1.165) is 0 Å². The fraction of sp³-hybridized carbons (Fsp3) is 0.429. The molecular formula is C21H29N2O7P. The van der Waals surface area contributed by atoms with Crippen LogP contribution in [-0.4, -0.2) is 31.4 Å². The zero-order chi connectivity index (χ0) is 23.2. The predicted octanol–water partition coefficient (Wildman–Crippen LogP) is 5.77. The number of benzene rings is 2. The summed E-state index contributed by atoms with van der Waals surface area (Å²) in [6.07, 6.45) is -0.800. The Labute approximate surface area is 182 Å². The molecule has 0 aliphatic carbocycles. The quantitative estimate of drug-likeness (QED) is 0.260. The highest BCUT2D eigenvalue weighted by molar-refractivity contribution is 7.54. The summed E-state index contributed by atoms with van der Waals surface area (Å²) in [4.78, 5) is 10.7. The Morgan fingerprint density at radius 2 is 1.61 bits per heavy atom. The number of non-ortho nitro benzene ring substituents is 1. The van der Waals surface area contributed by atoms with Crippen LogP contribution < -0.4 is 14.8 Å². The number of nitro benzene ring substituents is 1. The summed E-state index contributed by atoms with van der Waals surface area (Å²) in [6.45, 7) is 7.02. The molecule has 1 atom stereocenters. The van der Waals surface area contributed by atoms with E-state index in [1.54, 1.807) is 58.0 Å². The van der Waals surface area contributed by atoms with Gasteiger partial charge >= 0.3 is 7.60 Å². The number of nitro groups is 1. The van der Waals surface area contributed by atoms with Crippen LogP contribution in [0.25, 0.3) is 0 Å². The average molecular weight is 452 g/mol. The lowest BCUT2D eigenvalue weighted by atomic mass is 10.1. The smallest absolute Gasteiger partial charge is 0.357 e. The Bertz CT molecular complexity index is 935. The second-order valence-corrected chi connectivity index (χ2v) is 9.33. The minimum Gasteiger partial charge on any atom is -0.497 e. The van der Waals surface area contributed by atoms with Gasteiger partial charge in [-0.2, -0.15) is 0 Å². The van der Waals surface area contributed by atoms with E-state index in [1.165, 1.54) is 26.4 Å². The van der Waals surface area contributed by atoms with E-state index in [9.17, 15) is 14.7 Å². The first kappa shape index (κ1) is 24.7. The van der Waals surface area contributed by atoms with E-state index in [0.29, 0.717) is 22.7 Å². The van der Waals surface area contributed by atoms with Crippen molar-refractivity contribution in [1.29, 1.82) is 0 Å². The van der Waals surface area contributed by atoms with Gasteiger partial charge in [0.2, 0.25) is 0 Å². The second kappa shape index (κ2) is 10.6. The van der Waals surface area contributed by atoms with Crippen LogP contribution in [-0.2, 0) is 13.6 Å². The molecule has 0 saturated heterocycles. The number of methoxy groups -OCH3 is 2. The van der Waals surface area contributed by atoms with Crippen molar-refractivity contribution in [1.82, 2.24) is 0 Å². The van der Waals surface area contributed by atoms with Gasteiger partial charge in [-0.3, -0.25) is 14.7 Å². The maximum Gasteiger partial charge on any atom is 0.357 e. The number of ether oxygens (including phenoxy) is 2. The fourth-order valence-electron chi connectivity index (χ4n) is 2.97. The van der Waals surface area contributed by atoms with Crippen LogP contribution >= 0.6 is 7.60 Å². The highest BCUT2D eigenvalue weighted by Gasteiger charge is 2.41. The zero-order valence-electron chi connectivity index (χ0n) is 18.5. The summed E-state index contributed by atoms with van der Waals surface area (Å²) >= 11 is 0. The summed E-state index contributed by atoms with van der Waals surface area (Å²) in [5.41, 5.74) is 0.784. The molecule has 170 valence electrons. The van der Waals surface area contributed by atoms with Crippen molar-refractivity contribution in [2.45, 2.75) is 45.7 Å². The zero-order valence-corrected chi connectivity index (χ0v) is 19.4. The molecule has 0 amide bonds. The van der Waals surface area contributed by atoms with Gasteiger partial charge in [0.05, 0.1) is 31.4 Å². The largest absolute Gasteiger partial charge is 0.497 e. The number of nitrogens with one attached hydrogen (secondary N) is 1. The van der Waals surface area contributed by atoms with Gasteiger partial charge in [-0.15, -0.1) is 0 Å². The Morgan fingerprint density at radius 3 is 2.13 bits per heavy atom. The lowest BCUT2D eigenvalue weighted by Crippen LogP contribution is -2.20. The molecule has 2 aromatic rings. The van der Waals surface area contributed by atoms with Crippen LogP contribution in [0.3, 0.4) is 0 Å². The minimum absolute atomic E-state index is 0.102. The average Bonchev–Trinajstić information content (AvgIpc) is 2.70. The van der Waals surface area contributed by atoms with Crippen LogP contribution in [0.4, 0.5) is 11.4 Å². The second-order valence-electron chi connectivity index (χ2n) is 7.31. The maximum atomic E-state index is 14.1. The van der Waals surface area contributed by atoms with Gasteiger partial charge in [0, 0.05) is 29.4 Å². The molecule has 1 N–H and O–H groups in total. The molecule has 0 radical (unpaired) electrons. The Balaban J connectivity index is 2.65. The Hall–Kier alpha value is -2.61. The van der Waals surface area contributed by atoms with Crippen molar-refractivity contribution in [2.75, 3.05) is 19.5 Å². The van der Waals surface area contributed by atoms with E-state index in [1.807, 2.05) is 0 Å². The summed E-state index contributed by atoms with van der Waals surface area (Å²) < 4.78 is 36.5.